The number of aryl methyl sites for hydroxylation is 1. The van der Waals surface area contributed by atoms with Crippen LogP contribution in [0.5, 0.6) is 0 Å². The first kappa shape index (κ1) is 13.6. The summed E-state index contributed by atoms with van der Waals surface area (Å²) in [5, 5.41) is 0. The van der Waals surface area contributed by atoms with E-state index >= 15 is 0 Å². The van der Waals surface area contributed by atoms with Crippen LogP contribution < -0.4 is 4.90 Å². The minimum absolute atomic E-state index is 0.0946. The fourth-order valence-electron chi connectivity index (χ4n) is 2.48. The summed E-state index contributed by atoms with van der Waals surface area (Å²) in [6, 6.07) is 6.20. The van der Waals surface area contributed by atoms with Crippen molar-refractivity contribution in [2.24, 2.45) is 0 Å². The molecule has 0 bridgehead atoms. The molecule has 0 spiro atoms. The van der Waals surface area contributed by atoms with Gasteiger partial charge in [-0.1, -0.05) is 12.1 Å². The van der Waals surface area contributed by atoms with E-state index in [1.807, 2.05) is 17.0 Å². The highest BCUT2D eigenvalue weighted by Gasteiger charge is 2.21. The van der Waals surface area contributed by atoms with E-state index in [0.717, 1.165) is 31.5 Å². The molecule has 0 unspecified atom stereocenters. The predicted molar refractivity (Wildman–Crippen MR) is 73.1 cm³/mol. The molecule has 102 valence electrons. The molecule has 1 aliphatic heterocycles. The zero-order valence-electron chi connectivity index (χ0n) is 11.4. The molecule has 0 aliphatic carbocycles. The zero-order valence-corrected chi connectivity index (χ0v) is 11.4. The Kier molecular flexibility index (Phi) is 4.20. The smallest absolute Gasteiger partial charge is 0.305 e. The van der Waals surface area contributed by atoms with E-state index < -0.39 is 0 Å². The summed E-state index contributed by atoms with van der Waals surface area (Å²) in [6.07, 6.45) is 3.03. The number of rotatable bonds is 4. The summed E-state index contributed by atoms with van der Waals surface area (Å²) in [4.78, 5) is 24.3. The molecule has 0 N–H and O–H groups in total. The van der Waals surface area contributed by atoms with Crippen LogP contribution in [-0.2, 0) is 27.2 Å². The number of hydrogen-bond donors (Lipinski definition) is 0. The van der Waals surface area contributed by atoms with Crippen molar-refractivity contribution < 1.29 is 14.3 Å². The van der Waals surface area contributed by atoms with E-state index in [4.69, 9.17) is 0 Å². The van der Waals surface area contributed by atoms with Crippen LogP contribution in [0.15, 0.2) is 18.2 Å². The number of ether oxygens (including phenoxy) is 1. The van der Waals surface area contributed by atoms with Crippen molar-refractivity contribution in [3.05, 3.63) is 29.3 Å². The monoisotopic (exact) mass is 261 g/mol. The lowest BCUT2D eigenvalue weighted by Gasteiger charge is -2.14. The molecule has 4 nitrogen and oxygen atoms in total. The van der Waals surface area contributed by atoms with E-state index in [0.29, 0.717) is 6.42 Å². The number of benzene rings is 1. The lowest BCUT2D eigenvalue weighted by molar-refractivity contribution is -0.140. The predicted octanol–water partition coefficient (Wildman–Crippen LogP) is 2.09. The van der Waals surface area contributed by atoms with Gasteiger partial charge in [0.15, 0.2) is 0 Å². The quantitative estimate of drug-likeness (QED) is 0.780. The second-order valence-corrected chi connectivity index (χ2v) is 4.81. The van der Waals surface area contributed by atoms with E-state index in [9.17, 15) is 9.59 Å². The van der Waals surface area contributed by atoms with Crippen molar-refractivity contribution in [2.75, 3.05) is 18.6 Å². The van der Waals surface area contributed by atoms with Gasteiger partial charge in [0.2, 0.25) is 5.91 Å². The highest BCUT2D eigenvalue weighted by Crippen LogP contribution is 2.29. The van der Waals surface area contributed by atoms with Gasteiger partial charge in [-0.05, 0) is 36.5 Å². The summed E-state index contributed by atoms with van der Waals surface area (Å²) in [5.41, 5.74) is 3.48. The molecule has 1 aromatic carbocycles. The van der Waals surface area contributed by atoms with Gasteiger partial charge < -0.3 is 9.64 Å². The molecule has 19 heavy (non-hydrogen) atoms. The van der Waals surface area contributed by atoms with E-state index in [2.05, 4.69) is 10.8 Å². The van der Waals surface area contributed by atoms with Crippen molar-refractivity contribution in [3.8, 4) is 0 Å². The molecular formula is C15H19NO3. The number of hydrogen-bond acceptors (Lipinski definition) is 3. The van der Waals surface area contributed by atoms with Crippen molar-refractivity contribution in [2.45, 2.75) is 32.6 Å². The van der Waals surface area contributed by atoms with Gasteiger partial charge >= 0.3 is 5.97 Å². The minimum atomic E-state index is -0.163. The zero-order chi connectivity index (χ0) is 13.8. The van der Waals surface area contributed by atoms with Gasteiger partial charge in [-0.3, -0.25) is 9.59 Å². The van der Waals surface area contributed by atoms with Gasteiger partial charge in [0.05, 0.1) is 7.11 Å². The average molecular weight is 261 g/mol. The molecule has 1 heterocycles. The third-order valence-corrected chi connectivity index (χ3v) is 3.49. The van der Waals surface area contributed by atoms with Gasteiger partial charge in [0.1, 0.15) is 0 Å². The van der Waals surface area contributed by atoms with Crippen molar-refractivity contribution in [3.63, 3.8) is 0 Å². The highest BCUT2D eigenvalue weighted by atomic mass is 16.5. The van der Waals surface area contributed by atoms with Crippen LogP contribution in [0.1, 0.15) is 30.9 Å². The van der Waals surface area contributed by atoms with Crippen LogP contribution in [0.3, 0.4) is 0 Å². The molecule has 0 aromatic heterocycles. The molecule has 0 saturated carbocycles. The van der Waals surface area contributed by atoms with Crippen LogP contribution >= 0.6 is 0 Å². The van der Waals surface area contributed by atoms with Crippen LogP contribution in [0.2, 0.25) is 0 Å². The summed E-state index contributed by atoms with van der Waals surface area (Å²) < 4.78 is 4.62. The van der Waals surface area contributed by atoms with Crippen LogP contribution in [0.25, 0.3) is 0 Å². The highest BCUT2D eigenvalue weighted by molar-refractivity contribution is 5.93. The number of esters is 1. The fraction of sp³-hybridized carbons (Fsp3) is 0.467. The lowest BCUT2D eigenvalue weighted by atomic mass is 10.0. The maximum Gasteiger partial charge on any atom is 0.305 e. The Hall–Kier alpha value is -1.84. The van der Waals surface area contributed by atoms with Gasteiger partial charge in [-0.2, -0.15) is 0 Å². The lowest BCUT2D eigenvalue weighted by Crippen LogP contribution is -2.25. The van der Waals surface area contributed by atoms with Gasteiger partial charge in [0, 0.05) is 25.6 Å². The Balaban J connectivity index is 1.99. The first-order valence-electron chi connectivity index (χ1n) is 6.58. The molecule has 0 atom stereocenters. The molecule has 0 saturated heterocycles. The Morgan fingerprint density at radius 1 is 1.37 bits per heavy atom. The van der Waals surface area contributed by atoms with Crippen molar-refractivity contribution in [1.82, 2.24) is 0 Å². The van der Waals surface area contributed by atoms with Crippen molar-refractivity contribution >= 4 is 17.6 Å². The van der Waals surface area contributed by atoms with E-state index in [1.165, 1.54) is 18.2 Å². The molecular weight excluding hydrogens is 242 g/mol. The number of methoxy groups -OCH3 is 1. The summed E-state index contributed by atoms with van der Waals surface area (Å²) in [7, 11) is 1.41. The standard InChI is InChI=1S/C15H19NO3/c1-11(17)16-9-8-13-10-12(6-7-14(13)16)4-3-5-15(18)19-2/h6-7,10H,3-5,8-9H2,1-2H3. The third kappa shape index (κ3) is 3.13. The summed E-state index contributed by atoms with van der Waals surface area (Å²) in [6.45, 7) is 2.37. The van der Waals surface area contributed by atoms with E-state index in [-0.39, 0.29) is 11.9 Å². The normalized spacial score (nSPS) is 13.3. The second kappa shape index (κ2) is 5.87. The van der Waals surface area contributed by atoms with Gasteiger partial charge in [-0.25, -0.2) is 0 Å². The summed E-state index contributed by atoms with van der Waals surface area (Å²) >= 11 is 0. The first-order valence-corrected chi connectivity index (χ1v) is 6.58. The fourth-order valence-corrected chi connectivity index (χ4v) is 2.48. The van der Waals surface area contributed by atoms with Crippen LogP contribution in [0, 0.1) is 0 Å². The molecule has 4 heteroatoms. The SMILES string of the molecule is COC(=O)CCCc1ccc2c(c1)CCN2C(C)=O. The topological polar surface area (TPSA) is 46.6 Å². The molecule has 1 aliphatic rings. The number of carbonyl (C=O) groups excluding carboxylic acids is 2. The maximum absolute atomic E-state index is 11.4. The number of nitrogens with zero attached hydrogens (tertiary/aromatic N) is 1. The molecule has 0 fully saturated rings. The Labute approximate surface area is 113 Å². The van der Waals surface area contributed by atoms with Crippen LogP contribution in [-0.4, -0.2) is 25.5 Å². The largest absolute Gasteiger partial charge is 0.469 e. The first-order chi connectivity index (χ1) is 9.11. The molecule has 1 amide bonds. The Morgan fingerprint density at radius 2 is 2.16 bits per heavy atom. The Morgan fingerprint density at radius 3 is 2.84 bits per heavy atom. The second-order valence-electron chi connectivity index (χ2n) is 4.81. The number of carbonyl (C=O) groups is 2. The molecule has 0 radical (unpaired) electrons. The minimum Gasteiger partial charge on any atom is -0.469 e. The van der Waals surface area contributed by atoms with E-state index in [1.54, 1.807) is 6.92 Å². The Bertz CT molecular complexity index is 496. The summed E-state index contributed by atoms with van der Waals surface area (Å²) in [5.74, 6) is -0.0684. The number of fused-ring (bicyclic) bond motifs is 1. The van der Waals surface area contributed by atoms with Gasteiger partial charge in [0.25, 0.3) is 0 Å². The number of anilines is 1. The molecule has 1 aromatic rings. The maximum atomic E-state index is 11.4. The third-order valence-electron chi connectivity index (χ3n) is 3.49. The molecule has 2 rings (SSSR count). The number of amides is 1. The van der Waals surface area contributed by atoms with Crippen molar-refractivity contribution in [1.29, 1.82) is 0 Å². The van der Waals surface area contributed by atoms with Crippen LogP contribution in [0.4, 0.5) is 5.69 Å². The average Bonchev–Trinajstić information content (AvgIpc) is 2.81. The van der Waals surface area contributed by atoms with Gasteiger partial charge in [-0.15, -0.1) is 0 Å².